The first-order valence-electron chi connectivity index (χ1n) is 4.39. The van der Waals surface area contributed by atoms with Crippen LogP contribution in [0.4, 0.5) is 0 Å². The minimum atomic E-state index is 0.153. The van der Waals surface area contributed by atoms with E-state index in [4.69, 9.17) is 16.3 Å². The molecule has 1 aromatic carbocycles. The van der Waals surface area contributed by atoms with Crippen LogP contribution in [0, 0.1) is 0 Å². The predicted octanol–water partition coefficient (Wildman–Crippen LogP) is 2.35. The van der Waals surface area contributed by atoms with Gasteiger partial charge >= 0.3 is 0 Å². The van der Waals surface area contributed by atoms with Crippen LogP contribution in [0.5, 0.6) is 0 Å². The van der Waals surface area contributed by atoms with Crippen LogP contribution in [0.1, 0.15) is 18.5 Å². The molecule has 1 aromatic rings. The summed E-state index contributed by atoms with van der Waals surface area (Å²) in [4.78, 5) is 0. The van der Waals surface area contributed by atoms with Crippen molar-refractivity contribution in [3.8, 4) is 0 Å². The van der Waals surface area contributed by atoms with E-state index in [0.29, 0.717) is 6.04 Å². The third kappa shape index (κ3) is 2.02. The van der Waals surface area contributed by atoms with Gasteiger partial charge < -0.3 is 4.74 Å². The van der Waals surface area contributed by atoms with Crippen LogP contribution >= 0.6 is 11.6 Å². The molecule has 0 bridgehead atoms. The van der Waals surface area contributed by atoms with Crippen LogP contribution in [-0.2, 0) is 4.74 Å². The van der Waals surface area contributed by atoms with Gasteiger partial charge in [-0.1, -0.05) is 23.7 Å². The van der Waals surface area contributed by atoms with E-state index in [0.717, 1.165) is 11.6 Å². The van der Waals surface area contributed by atoms with Gasteiger partial charge in [-0.3, -0.25) is 5.32 Å². The lowest BCUT2D eigenvalue weighted by Gasteiger charge is -2.09. The highest BCUT2D eigenvalue weighted by atomic mass is 35.5. The lowest BCUT2D eigenvalue weighted by molar-refractivity contribution is 0.115. The summed E-state index contributed by atoms with van der Waals surface area (Å²) < 4.78 is 5.41. The van der Waals surface area contributed by atoms with Crippen molar-refractivity contribution >= 4 is 11.6 Å². The van der Waals surface area contributed by atoms with Crippen LogP contribution in [0.15, 0.2) is 24.3 Å². The zero-order chi connectivity index (χ0) is 9.26. The first-order chi connectivity index (χ1) is 6.25. The standard InChI is InChI=1S/C10H12ClNO/c1-7-12-10(6-13-7)8-2-4-9(11)5-3-8/h2-5,7,10,12H,6H2,1H3. The summed E-state index contributed by atoms with van der Waals surface area (Å²) in [6, 6.07) is 8.18. The smallest absolute Gasteiger partial charge is 0.105 e. The van der Waals surface area contributed by atoms with Gasteiger partial charge in [0.05, 0.1) is 12.6 Å². The summed E-state index contributed by atoms with van der Waals surface area (Å²) in [6.45, 7) is 2.75. The number of rotatable bonds is 1. The lowest BCUT2D eigenvalue weighted by Crippen LogP contribution is -2.21. The number of halogens is 1. The second-order valence-electron chi connectivity index (χ2n) is 3.25. The predicted molar refractivity (Wildman–Crippen MR) is 52.7 cm³/mol. The lowest BCUT2D eigenvalue weighted by atomic mass is 10.1. The monoisotopic (exact) mass is 197 g/mol. The Hall–Kier alpha value is -0.570. The fraction of sp³-hybridized carbons (Fsp3) is 0.400. The van der Waals surface area contributed by atoms with Crippen molar-refractivity contribution in [3.05, 3.63) is 34.9 Å². The van der Waals surface area contributed by atoms with Gasteiger partial charge in [-0.05, 0) is 24.6 Å². The fourth-order valence-corrected chi connectivity index (χ4v) is 1.63. The van der Waals surface area contributed by atoms with E-state index in [1.807, 2.05) is 31.2 Å². The first kappa shape index (κ1) is 9.00. The SMILES string of the molecule is CC1NC(c2ccc(Cl)cc2)CO1. The van der Waals surface area contributed by atoms with Gasteiger partial charge in [0.2, 0.25) is 0 Å². The Labute approximate surface area is 82.9 Å². The van der Waals surface area contributed by atoms with Gasteiger partial charge in [0, 0.05) is 5.02 Å². The zero-order valence-electron chi connectivity index (χ0n) is 7.46. The summed E-state index contributed by atoms with van der Waals surface area (Å²) in [7, 11) is 0. The fourth-order valence-electron chi connectivity index (χ4n) is 1.51. The van der Waals surface area contributed by atoms with Crippen molar-refractivity contribution in [1.29, 1.82) is 0 Å². The largest absolute Gasteiger partial charge is 0.362 e. The number of hydrogen-bond donors (Lipinski definition) is 1. The number of nitrogens with one attached hydrogen (secondary N) is 1. The van der Waals surface area contributed by atoms with Crippen LogP contribution in [0.25, 0.3) is 0 Å². The van der Waals surface area contributed by atoms with Crippen molar-refractivity contribution in [3.63, 3.8) is 0 Å². The third-order valence-corrected chi connectivity index (χ3v) is 2.47. The van der Waals surface area contributed by atoms with Crippen LogP contribution in [0.2, 0.25) is 5.02 Å². The van der Waals surface area contributed by atoms with Crippen molar-refractivity contribution in [2.45, 2.75) is 19.2 Å². The summed E-state index contributed by atoms with van der Waals surface area (Å²) in [5.41, 5.74) is 1.23. The molecule has 1 fully saturated rings. The number of ether oxygens (including phenoxy) is 1. The Bertz CT molecular complexity index is 285. The maximum absolute atomic E-state index is 5.80. The maximum Gasteiger partial charge on any atom is 0.105 e. The molecule has 1 aliphatic heterocycles. The van der Waals surface area contributed by atoms with Crippen molar-refractivity contribution in [2.24, 2.45) is 0 Å². The quantitative estimate of drug-likeness (QED) is 0.746. The van der Waals surface area contributed by atoms with E-state index in [9.17, 15) is 0 Å². The normalized spacial score (nSPS) is 27.8. The van der Waals surface area contributed by atoms with E-state index >= 15 is 0 Å². The van der Waals surface area contributed by atoms with E-state index in [-0.39, 0.29) is 6.23 Å². The molecule has 0 spiro atoms. The molecule has 0 saturated carbocycles. The van der Waals surface area contributed by atoms with Crippen molar-refractivity contribution in [2.75, 3.05) is 6.61 Å². The second-order valence-corrected chi connectivity index (χ2v) is 3.68. The molecule has 2 nitrogen and oxygen atoms in total. The summed E-state index contributed by atoms with van der Waals surface area (Å²) in [6.07, 6.45) is 0.153. The summed E-state index contributed by atoms with van der Waals surface area (Å²) in [5, 5.41) is 4.10. The zero-order valence-corrected chi connectivity index (χ0v) is 8.21. The molecule has 0 radical (unpaired) electrons. The Morgan fingerprint density at radius 2 is 2.08 bits per heavy atom. The Kier molecular flexibility index (Phi) is 2.54. The van der Waals surface area contributed by atoms with Gasteiger partial charge in [-0.15, -0.1) is 0 Å². The summed E-state index contributed by atoms with van der Waals surface area (Å²) >= 11 is 5.80. The van der Waals surface area contributed by atoms with Crippen LogP contribution in [-0.4, -0.2) is 12.8 Å². The maximum atomic E-state index is 5.80. The van der Waals surface area contributed by atoms with E-state index < -0.39 is 0 Å². The van der Waals surface area contributed by atoms with Gasteiger partial charge in [0.15, 0.2) is 0 Å². The van der Waals surface area contributed by atoms with Gasteiger partial charge in [0.1, 0.15) is 6.23 Å². The van der Waals surface area contributed by atoms with Gasteiger partial charge in [-0.2, -0.15) is 0 Å². The van der Waals surface area contributed by atoms with Gasteiger partial charge in [0.25, 0.3) is 0 Å². The van der Waals surface area contributed by atoms with E-state index in [2.05, 4.69) is 5.32 Å². The van der Waals surface area contributed by atoms with Crippen LogP contribution < -0.4 is 5.32 Å². The van der Waals surface area contributed by atoms with Gasteiger partial charge in [-0.25, -0.2) is 0 Å². The molecule has 2 unspecified atom stereocenters. The van der Waals surface area contributed by atoms with Crippen LogP contribution in [0.3, 0.4) is 0 Å². The molecule has 1 heterocycles. The topological polar surface area (TPSA) is 21.3 Å². The highest BCUT2D eigenvalue weighted by Crippen LogP contribution is 2.21. The molecule has 1 saturated heterocycles. The minimum Gasteiger partial charge on any atom is -0.362 e. The first-order valence-corrected chi connectivity index (χ1v) is 4.76. The van der Waals surface area contributed by atoms with Crippen molar-refractivity contribution in [1.82, 2.24) is 5.32 Å². The molecule has 70 valence electrons. The molecule has 0 aromatic heterocycles. The second kappa shape index (κ2) is 3.66. The molecule has 1 aliphatic rings. The molecule has 0 amide bonds. The van der Waals surface area contributed by atoms with E-state index in [1.165, 1.54) is 5.56 Å². The Balaban J connectivity index is 2.13. The molecule has 13 heavy (non-hydrogen) atoms. The molecular formula is C10H12ClNO. The highest BCUT2D eigenvalue weighted by Gasteiger charge is 2.21. The highest BCUT2D eigenvalue weighted by molar-refractivity contribution is 6.30. The Morgan fingerprint density at radius 1 is 1.38 bits per heavy atom. The molecular weight excluding hydrogens is 186 g/mol. The molecule has 2 rings (SSSR count). The van der Waals surface area contributed by atoms with Crippen molar-refractivity contribution < 1.29 is 4.74 Å². The average Bonchev–Trinajstić information content (AvgIpc) is 2.53. The third-order valence-electron chi connectivity index (χ3n) is 2.22. The molecule has 3 heteroatoms. The summed E-state index contributed by atoms with van der Waals surface area (Å²) in [5.74, 6) is 0. The number of hydrogen-bond acceptors (Lipinski definition) is 2. The van der Waals surface area contributed by atoms with E-state index in [1.54, 1.807) is 0 Å². The molecule has 0 aliphatic carbocycles. The Morgan fingerprint density at radius 3 is 2.62 bits per heavy atom. The minimum absolute atomic E-state index is 0.153. The molecule has 1 N–H and O–H groups in total. The molecule has 2 atom stereocenters. The number of benzene rings is 1. The average molecular weight is 198 g/mol.